The average Bonchev–Trinajstić information content (AvgIpc) is 3.24. The van der Waals surface area contributed by atoms with E-state index in [2.05, 4.69) is 40.9 Å². The van der Waals surface area contributed by atoms with E-state index >= 15 is 0 Å². The van der Waals surface area contributed by atoms with Crippen LogP contribution in [0.2, 0.25) is 0 Å². The lowest BCUT2D eigenvalue weighted by Gasteiger charge is -2.39. The maximum absolute atomic E-state index is 11.6. The van der Waals surface area contributed by atoms with Crippen LogP contribution >= 0.6 is 0 Å². The summed E-state index contributed by atoms with van der Waals surface area (Å²) >= 11 is 0. The van der Waals surface area contributed by atoms with E-state index in [1.54, 1.807) is 13.1 Å². The van der Waals surface area contributed by atoms with E-state index in [0.29, 0.717) is 23.3 Å². The number of rotatable bonds is 6. The SMILES string of the molecule is CCC(C)(CC)C1CC(N2CCN(c3ccc(C(=O)NC)nc3)CC2)CO1. The first-order chi connectivity index (χ1) is 13.0. The molecular weight excluding hydrogens is 340 g/mol. The fraction of sp³-hybridized carbons (Fsp3) is 0.714. The van der Waals surface area contributed by atoms with Gasteiger partial charge in [0, 0.05) is 39.3 Å². The Morgan fingerprint density at radius 2 is 1.96 bits per heavy atom. The van der Waals surface area contributed by atoms with Crippen LogP contribution in [0.1, 0.15) is 50.5 Å². The molecule has 6 nitrogen and oxygen atoms in total. The third-order valence-electron chi connectivity index (χ3n) is 6.77. The van der Waals surface area contributed by atoms with Crippen molar-refractivity contribution in [1.82, 2.24) is 15.2 Å². The Labute approximate surface area is 163 Å². The summed E-state index contributed by atoms with van der Waals surface area (Å²) in [5, 5.41) is 2.61. The first-order valence-electron chi connectivity index (χ1n) is 10.3. The highest BCUT2D eigenvalue weighted by Gasteiger charge is 2.40. The van der Waals surface area contributed by atoms with Crippen molar-refractivity contribution < 1.29 is 9.53 Å². The number of ether oxygens (including phenoxy) is 1. The smallest absolute Gasteiger partial charge is 0.269 e. The van der Waals surface area contributed by atoms with Crippen molar-refractivity contribution in [3.05, 3.63) is 24.0 Å². The number of hydrogen-bond donors (Lipinski definition) is 1. The van der Waals surface area contributed by atoms with Gasteiger partial charge in [-0.1, -0.05) is 20.8 Å². The van der Waals surface area contributed by atoms with E-state index in [1.807, 2.05) is 12.3 Å². The number of aromatic nitrogens is 1. The van der Waals surface area contributed by atoms with E-state index < -0.39 is 0 Å². The molecule has 1 amide bonds. The second-order valence-electron chi connectivity index (χ2n) is 8.08. The second kappa shape index (κ2) is 8.57. The van der Waals surface area contributed by atoms with E-state index in [1.165, 1.54) is 12.8 Å². The monoisotopic (exact) mass is 374 g/mol. The van der Waals surface area contributed by atoms with Gasteiger partial charge in [0.15, 0.2) is 0 Å². The summed E-state index contributed by atoms with van der Waals surface area (Å²) in [5.41, 5.74) is 1.85. The molecule has 2 unspecified atom stereocenters. The summed E-state index contributed by atoms with van der Waals surface area (Å²) in [5.74, 6) is -0.145. The number of pyridine rings is 1. The molecule has 2 fully saturated rings. The lowest BCUT2D eigenvalue weighted by atomic mass is 9.77. The maximum atomic E-state index is 11.6. The molecule has 0 aliphatic carbocycles. The Hall–Kier alpha value is -1.66. The first-order valence-corrected chi connectivity index (χ1v) is 10.3. The number of nitrogens with zero attached hydrogens (tertiary/aromatic N) is 3. The molecule has 0 radical (unpaired) electrons. The minimum Gasteiger partial charge on any atom is -0.376 e. The van der Waals surface area contributed by atoms with Crippen molar-refractivity contribution in [3.8, 4) is 0 Å². The topological polar surface area (TPSA) is 57.7 Å². The van der Waals surface area contributed by atoms with Crippen LogP contribution in [0.4, 0.5) is 5.69 Å². The lowest BCUT2D eigenvalue weighted by Crippen LogP contribution is -2.51. The summed E-state index contributed by atoms with van der Waals surface area (Å²) in [6.45, 7) is 11.9. The molecule has 2 aliphatic rings. The molecule has 2 saturated heterocycles. The molecule has 1 aromatic heterocycles. The van der Waals surface area contributed by atoms with Gasteiger partial charge in [-0.25, -0.2) is 4.98 Å². The van der Waals surface area contributed by atoms with Gasteiger partial charge >= 0.3 is 0 Å². The van der Waals surface area contributed by atoms with Crippen LogP contribution in [0.5, 0.6) is 0 Å². The van der Waals surface area contributed by atoms with Gasteiger partial charge in [-0.15, -0.1) is 0 Å². The molecule has 6 heteroatoms. The van der Waals surface area contributed by atoms with Crippen LogP contribution < -0.4 is 10.2 Å². The fourth-order valence-corrected chi connectivity index (χ4v) is 4.24. The molecule has 1 aromatic rings. The van der Waals surface area contributed by atoms with Gasteiger partial charge in [0.1, 0.15) is 5.69 Å². The van der Waals surface area contributed by atoms with Crippen molar-refractivity contribution in [3.63, 3.8) is 0 Å². The van der Waals surface area contributed by atoms with Crippen LogP contribution in [0.25, 0.3) is 0 Å². The molecule has 0 aromatic carbocycles. The standard InChI is InChI=1S/C21H34N4O2/c1-5-21(3,6-2)19-13-17(15-27-19)25-11-9-24(10-12-25)16-7-8-18(23-14-16)20(26)22-4/h7-8,14,17,19H,5-6,9-13,15H2,1-4H3,(H,22,26). The van der Waals surface area contributed by atoms with Crippen LogP contribution in [0, 0.1) is 5.41 Å². The largest absolute Gasteiger partial charge is 0.376 e. The van der Waals surface area contributed by atoms with Gasteiger partial charge in [-0.2, -0.15) is 0 Å². The second-order valence-corrected chi connectivity index (χ2v) is 8.08. The Kier molecular flexibility index (Phi) is 6.37. The Morgan fingerprint density at radius 3 is 2.52 bits per heavy atom. The quantitative estimate of drug-likeness (QED) is 0.829. The molecule has 0 spiro atoms. The Morgan fingerprint density at radius 1 is 1.26 bits per heavy atom. The number of piperazine rings is 1. The molecule has 3 heterocycles. The lowest BCUT2D eigenvalue weighted by molar-refractivity contribution is 0.00247. The van der Waals surface area contributed by atoms with Gasteiger partial charge in [0.25, 0.3) is 5.91 Å². The highest BCUT2D eigenvalue weighted by molar-refractivity contribution is 5.92. The molecule has 3 rings (SSSR count). The van der Waals surface area contributed by atoms with Gasteiger partial charge in [-0.3, -0.25) is 9.69 Å². The molecular formula is C21H34N4O2. The van der Waals surface area contributed by atoms with Crippen LogP contribution in [-0.2, 0) is 4.74 Å². The van der Waals surface area contributed by atoms with E-state index in [-0.39, 0.29) is 5.91 Å². The average molecular weight is 375 g/mol. The Bertz CT molecular complexity index is 622. The van der Waals surface area contributed by atoms with Gasteiger partial charge in [0.05, 0.1) is 24.6 Å². The summed E-state index contributed by atoms with van der Waals surface area (Å²) in [4.78, 5) is 20.9. The van der Waals surface area contributed by atoms with Crippen molar-refractivity contribution in [2.45, 2.75) is 52.2 Å². The van der Waals surface area contributed by atoms with Gasteiger partial charge < -0.3 is 15.0 Å². The number of carbonyl (C=O) groups excluding carboxylic acids is 1. The third-order valence-corrected chi connectivity index (χ3v) is 6.77. The van der Waals surface area contributed by atoms with Crippen molar-refractivity contribution >= 4 is 11.6 Å². The normalized spacial score (nSPS) is 24.2. The minimum atomic E-state index is -0.145. The van der Waals surface area contributed by atoms with Crippen molar-refractivity contribution in [1.29, 1.82) is 0 Å². The number of carbonyl (C=O) groups is 1. The van der Waals surface area contributed by atoms with E-state index in [9.17, 15) is 4.79 Å². The number of amides is 1. The predicted octanol–water partition coefficient (Wildman–Crippen LogP) is 2.55. The number of hydrogen-bond acceptors (Lipinski definition) is 5. The minimum absolute atomic E-state index is 0.145. The van der Waals surface area contributed by atoms with Gasteiger partial charge in [-0.05, 0) is 36.8 Å². The highest BCUT2D eigenvalue weighted by Crippen LogP contribution is 2.38. The van der Waals surface area contributed by atoms with E-state index in [0.717, 1.165) is 44.9 Å². The molecule has 2 aliphatic heterocycles. The zero-order chi connectivity index (χ0) is 19.4. The Balaban J connectivity index is 1.53. The molecule has 1 N–H and O–H groups in total. The zero-order valence-corrected chi connectivity index (χ0v) is 17.2. The number of nitrogens with one attached hydrogen (secondary N) is 1. The van der Waals surface area contributed by atoms with Gasteiger partial charge in [0.2, 0.25) is 0 Å². The summed E-state index contributed by atoms with van der Waals surface area (Å²) in [6, 6.07) is 4.34. The van der Waals surface area contributed by atoms with Crippen molar-refractivity contribution in [2.24, 2.45) is 5.41 Å². The first kappa shape index (κ1) is 20.1. The zero-order valence-electron chi connectivity index (χ0n) is 17.2. The van der Waals surface area contributed by atoms with E-state index in [4.69, 9.17) is 4.74 Å². The van der Waals surface area contributed by atoms with Crippen molar-refractivity contribution in [2.75, 3.05) is 44.7 Å². The predicted molar refractivity (Wildman–Crippen MR) is 108 cm³/mol. The number of anilines is 1. The molecule has 0 saturated carbocycles. The highest BCUT2D eigenvalue weighted by atomic mass is 16.5. The van der Waals surface area contributed by atoms with Crippen LogP contribution in [0.15, 0.2) is 18.3 Å². The molecule has 0 bridgehead atoms. The maximum Gasteiger partial charge on any atom is 0.269 e. The molecule has 2 atom stereocenters. The third kappa shape index (κ3) is 4.27. The summed E-state index contributed by atoms with van der Waals surface area (Å²) in [6.07, 6.45) is 5.70. The molecule has 27 heavy (non-hydrogen) atoms. The molecule has 150 valence electrons. The summed E-state index contributed by atoms with van der Waals surface area (Å²) in [7, 11) is 1.62. The fourth-order valence-electron chi connectivity index (χ4n) is 4.24. The summed E-state index contributed by atoms with van der Waals surface area (Å²) < 4.78 is 6.22. The van der Waals surface area contributed by atoms with Crippen LogP contribution in [0.3, 0.4) is 0 Å². The van der Waals surface area contributed by atoms with Crippen LogP contribution in [-0.4, -0.2) is 67.8 Å².